The van der Waals surface area contributed by atoms with E-state index in [9.17, 15) is 19.8 Å². The van der Waals surface area contributed by atoms with Gasteiger partial charge in [-0.3, -0.25) is 9.59 Å². The number of carboxylic acids is 1. The van der Waals surface area contributed by atoms with E-state index in [4.69, 9.17) is 0 Å². The van der Waals surface area contributed by atoms with Crippen LogP contribution in [0, 0.1) is 11.8 Å². The van der Waals surface area contributed by atoms with Gasteiger partial charge in [0.1, 0.15) is 5.75 Å². The summed E-state index contributed by atoms with van der Waals surface area (Å²) in [6.45, 7) is 4.32. The third-order valence-electron chi connectivity index (χ3n) is 7.56. The number of piperidine rings is 2. The molecule has 28 heavy (non-hydrogen) atoms. The Morgan fingerprint density at radius 3 is 2.61 bits per heavy atom. The van der Waals surface area contributed by atoms with Crippen molar-refractivity contribution in [2.24, 2.45) is 11.8 Å². The Morgan fingerprint density at radius 1 is 1.21 bits per heavy atom. The van der Waals surface area contributed by atoms with Crippen molar-refractivity contribution in [3.05, 3.63) is 29.3 Å². The number of aromatic hydroxyl groups is 1. The van der Waals surface area contributed by atoms with Gasteiger partial charge in [-0.1, -0.05) is 13.0 Å². The van der Waals surface area contributed by atoms with E-state index in [0.29, 0.717) is 38.4 Å². The predicted octanol–water partition coefficient (Wildman–Crippen LogP) is 2.24. The first-order valence-electron chi connectivity index (χ1n) is 10.3. The molecule has 1 aromatic carbocycles. The van der Waals surface area contributed by atoms with Crippen LogP contribution in [0.4, 0.5) is 0 Å². The largest absolute Gasteiger partial charge is 0.508 e. The second-order valence-electron chi connectivity index (χ2n) is 9.06. The van der Waals surface area contributed by atoms with Crippen molar-refractivity contribution in [2.75, 3.05) is 26.7 Å². The van der Waals surface area contributed by atoms with Gasteiger partial charge in [-0.15, -0.1) is 0 Å². The Bertz CT molecular complexity index is 787. The van der Waals surface area contributed by atoms with Crippen LogP contribution in [0.15, 0.2) is 18.2 Å². The summed E-state index contributed by atoms with van der Waals surface area (Å²) in [5, 5.41) is 19.2. The molecule has 0 saturated carbocycles. The highest BCUT2D eigenvalue weighted by atomic mass is 16.4. The first kappa shape index (κ1) is 19.2. The third kappa shape index (κ3) is 3.17. The van der Waals surface area contributed by atoms with E-state index in [1.54, 1.807) is 6.07 Å². The van der Waals surface area contributed by atoms with Crippen molar-refractivity contribution in [3.63, 3.8) is 0 Å². The molecule has 0 radical (unpaired) electrons. The molecule has 0 spiro atoms. The number of phenols is 1. The molecule has 0 aromatic heterocycles. The van der Waals surface area contributed by atoms with Gasteiger partial charge in [-0.2, -0.15) is 0 Å². The van der Waals surface area contributed by atoms with E-state index in [2.05, 4.69) is 18.9 Å². The van der Waals surface area contributed by atoms with Gasteiger partial charge in [0.05, 0.1) is 5.92 Å². The fourth-order valence-electron chi connectivity index (χ4n) is 5.68. The van der Waals surface area contributed by atoms with E-state index >= 15 is 0 Å². The number of carboxylic acid groups (broad SMARTS) is 1. The SMILES string of the molecule is CN1CC[C@]2(C)c3cc(O)ccc3CC1[C@@H]2CC(=O)N1CCC(C(=O)O)CC1. The smallest absolute Gasteiger partial charge is 0.306 e. The zero-order chi connectivity index (χ0) is 20.1. The van der Waals surface area contributed by atoms with Gasteiger partial charge in [0.15, 0.2) is 0 Å². The molecule has 2 bridgehead atoms. The molecule has 3 aliphatic rings. The van der Waals surface area contributed by atoms with Crippen molar-refractivity contribution in [3.8, 4) is 5.75 Å². The Hall–Kier alpha value is -2.08. The molecule has 2 aliphatic heterocycles. The van der Waals surface area contributed by atoms with Gasteiger partial charge in [0, 0.05) is 25.6 Å². The highest BCUT2D eigenvalue weighted by Gasteiger charge is 2.50. The number of nitrogens with zero attached hydrogens (tertiary/aromatic N) is 2. The maximum Gasteiger partial charge on any atom is 0.306 e. The Kier molecular flexibility index (Phi) is 4.86. The van der Waals surface area contributed by atoms with E-state index in [1.165, 1.54) is 11.1 Å². The lowest BCUT2D eigenvalue weighted by molar-refractivity contribution is -0.146. The quantitative estimate of drug-likeness (QED) is 0.833. The molecule has 2 heterocycles. The first-order chi connectivity index (χ1) is 13.3. The van der Waals surface area contributed by atoms with Crippen LogP contribution in [-0.4, -0.2) is 64.6 Å². The topological polar surface area (TPSA) is 81.1 Å². The maximum atomic E-state index is 13.1. The highest BCUT2D eigenvalue weighted by molar-refractivity contribution is 5.78. The van der Waals surface area contributed by atoms with Crippen molar-refractivity contribution in [1.82, 2.24) is 9.80 Å². The van der Waals surface area contributed by atoms with Crippen molar-refractivity contribution in [1.29, 1.82) is 0 Å². The molecule has 2 fully saturated rings. The molecular formula is C22H30N2O4. The fourth-order valence-corrected chi connectivity index (χ4v) is 5.68. The summed E-state index contributed by atoms with van der Waals surface area (Å²) in [5.41, 5.74) is 2.35. The molecule has 2 N–H and O–H groups in total. The second kappa shape index (κ2) is 7.07. The lowest BCUT2D eigenvalue weighted by atomic mass is 9.57. The number of phenolic OH excluding ortho intramolecular Hbond substituents is 1. The van der Waals surface area contributed by atoms with Crippen LogP contribution >= 0.6 is 0 Å². The van der Waals surface area contributed by atoms with Gasteiger partial charge >= 0.3 is 5.97 Å². The van der Waals surface area contributed by atoms with E-state index in [1.807, 2.05) is 17.0 Å². The summed E-state index contributed by atoms with van der Waals surface area (Å²) in [6, 6.07) is 6.00. The van der Waals surface area contributed by atoms with E-state index in [-0.39, 0.29) is 28.9 Å². The fraction of sp³-hybridized carbons (Fsp3) is 0.636. The number of likely N-dealkylation sites (N-methyl/N-ethyl adjacent to an activating group) is 1. The van der Waals surface area contributed by atoms with Crippen LogP contribution in [0.1, 0.15) is 43.7 Å². The van der Waals surface area contributed by atoms with Gasteiger partial charge in [-0.05, 0) is 73.9 Å². The van der Waals surface area contributed by atoms with Crippen molar-refractivity contribution in [2.45, 2.75) is 50.5 Å². The number of carbonyl (C=O) groups is 2. The zero-order valence-electron chi connectivity index (χ0n) is 16.7. The number of amides is 1. The summed E-state index contributed by atoms with van der Waals surface area (Å²) in [4.78, 5) is 28.5. The van der Waals surface area contributed by atoms with Crippen LogP contribution in [-0.2, 0) is 21.4 Å². The van der Waals surface area contributed by atoms with Gasteiger partial charge in [-0.25, -0.2) is 0 Å². The lowest BCUT2D eigenvalue weighted by Crippen LogP contribution is -2.58. The van der Waals surface area contributed by atoms with Crippen LogP contribution in [0.25, 0.3) is 0 Å². The monoisotopic (exact) mass is 386 g/mol. The summed E-state index contributed by atoms with van der Waals surface area (Å²) in [6.07, 6.45) is 3.45. The normalized spacial score (nSPS) is 30.7. The van der Waals surface area contributed by atoms with E-state index in [0.717, 1.165) is 19.4 Å². The minimum absolute atomic E-state index is 0.126. The van der Waals surface area contributed by atoms with Gasteiger partial charge in [0.2, 0.25) is 5.91 Å². The number of benzene rings is 1. The number of fused-ring (bicyclic) bond motifs is 4. The van der Waals surface area contributed by atoms with Crippen molar-refractivity contribution < 1.29 is 19.8 Å². The Morgan fingerprint density at radius 2 is 1.93 bits per heavy atom. The summed E-state index contributed by atoms with van der Waals surface area (Å²) in [7, 11) is 2.14. The number of carbonyl (C=O) groups excluding carboxylic acids is 1. The minimum atomic E-state index is -0.750. The first-order valence-corrected chi connectivity index (χ1v) is 10.3. The molecule has 1 amide bonds. The molecule has 4 rings (SSSR count). The molecule has 2 saturated heterocycles. The predicted molar refractivity (Wildman–Crippen MR) is 105 cm³/mol. The molecule has 1 aromatic rings. The van der Waals surface area contributed by atoms with Crippen LogP contribution < -0.4 is 0 Å². The number of hydrogen-bond donors (Lipinski definition) is 2. The van der Waals surface area contributed by atoms with Gasteiger partial charge < -0.3 is 20.0 Å². The molecular weight excluding hydrogens is 356 g/mol. The summed E-state index contributed by atoms with van der Waals surface area (Å²) >= 11 is 0. The number of aliphatic carboxylic acids is 1. The van der Waals surface area contributed by atoms with E-state index < -0.39 is 5.97 Å². The maximum absolute atomic E-state index is 13.1. The number of rotatable bonds is 3. The van der Waals surface area contributed by atoms with Crippen LogP contribution in [0.2, 0.25) is 0 Å². The molecule has 6 heteroatoms. The van der Waals surface area contributed by atoms with Crippen LogP contribution in [0.5, 0.6) is 5.75 Å². The minimum Gasteiger partial charge on any atom is -0.508 e. The summed E-state index contributed by atoms with van der Waals surface area (Å²) < 4.78 is 0. The molecule has 152 valence electrons. The molecule has 6 nitrogen and oxygen atoms in total. The average molecular weight is 386 g/mol. The lowest BCUT2D eigenvalue weighted by Gasteiger charge is -2.55. The number of hydrogen-bond acceptors (Lipinski definition) is 4. The third-order valence-corrected chi connectivity index (χ3v) is 7.56. The summed E-state index contributed by atoms with van der Waals surface area (Å²) in [5.74, 6) is -0.441. The molecule has 3 atom stereocenters. The average Bonchev–Trinajstić information content (AvgIpc) is 2.67. The highest BCUT2D eigenvalue weighted by Crippen LogP contribution is 2.50. The Balaban J connectivity index is 1.55. The zero-order valence-corrected chi connectivity index (χ0v) is 16.7. The molecule has 1 unspecified atom stereocenters. The Labute approximate surface area is 166 Å². The standard InChI is InChI=1S/C22H30N2O4/c1-22-7-10-23(2)19(11-15-3-4-16(25)12-17(15)22)18(22)13-20(26)24-8-5-14(6-9-24)21(27)28/h3-4,12,14,18-19,25H,5-11,13H2,1-2H3,(H,27,28)/t18-,19?,22+/m0/s1. The molecule has 1 aliphatic carbocycles. The van der Waals surface area contributed by atoms with Gasteiger partial charge in [0.25, 0.3) is 0 Å². The van der Waals surface area contributed by atoms with Crippen molar-refractivity contribution >= 4 is 11.9 Å². The van der Waals surface area contributed by atoms with Crippen LogP contribution in [0.3, 0.4) is 0 Å². The number of likely N-dealkylation sites (tertiary alicyclic amines) is 2. The second-order valence-corrected chi connectivity index (χ2v) is 9.06.